The Bertz CT molecular complexity index is 2240. The predicted octanol–water partition coefficient (Wildman–Crippen LogP) is 13.8. The van der Waals surface area contributed by atoms with Crippen molar-refractivity contribution in [2.24, 2.45) is 0 Å². The Hall–Kier alpha value is -6.84. The Labute approximate surface area is 302 Å². The van der Waals surface area contributed by atoms with Gasteiger partial charge in [0.15, 0.2) is 0 Å². The molecule has 0 aromatic heterocycles. The van der Waals surface area contributed by atoms with Crippen molar-refractivity contribution in [1.82, 2.24) is 0 Å². The van der Waals surface area contributed by atoms with Crippen molar-refractivity contribution >= 4 is 34.1 Å². The molecule has 0 radical (unpaired) electrons. The second-order valence-corrected chi connectivity index (χ2v) is 12.1. The molecular weight excluding hydrogens is 621 g/mol. The summed E-state index contributed by atoms with van der Waals surface area (Å²) in [5, 5.41) is 0. The van der Waals surface area contributed by atoms with E-state index in [9.17, 15) is 0 Å². The van der Waals surface area contributed by atoms with E-state index in [0.717, 1.165) is 45.3 Å². The van der Waals surface area contributed by atoms with E-state index in [2.05, 4.69) is 82.6 Å². The van der Waals surface area contributed by atoms with Crippen LogP contribution in [-0.2, 0) is 0 Å². The molecule has 244 valence electrons. The van der Waals surface area contributed by atoms with Crippen LogP contribution in [0.5, 0.6) is 11.5 Å². The summed E-state index contributed by atoms with van der Waals surface area (Å²) in [4.78, 5) is 4.30. The molecule has 3 nitrogen and oxygen atoms in total. The minimum Gasteiger partial charge on any atom is -0.457 e. The number of hydrogen-bond donors (Lipinski definition) is 0. The number of nitrogens with zero attached hydrogens (tertiary/aromatic N) is 2. The molecule has 8 aromatic rings. The highest BCUT2D eigenvalue weighted by Crippen LogP contribution is 2.39. The number of anilines is 6. The van der Waals surface area contributed by atoms with Crippen LogP contribution in [0.1, 0.15) is 2.74 Å². The number of hydrogen-bond acceptors (Lipinski definition) is 3. The van der Waals surface area contributed by atoms with E-state index in [-0.39, 0.29) is 0 Å². The van der Waals surface area contributed by atoms with Gasteiger partial charge >= 0.3 is 0 Å². The van der Waals surface area contributed by atoms with Crippen molar-refractivity contribution in [2.45, 2.75) is 0 Å². The van der Waals surface area contributed by atoms with Crippen LogP contribution in [-0.4, -0.2) is 0 Å². The molecule has 0 saturated heterocycles. The van der Waals surface area contributed by atoms with Gasteiger partial charge in [-0.15, -0.1) is 0 Å². The molecule has 0 saturated carbocycles. The van der Waals surface area contributed by atoms with Gasteiger partial charge in [0, 0.05) is 34.1 Å². The molecular formula is C48H36N2O. The molecule has 0 fully saturated rings. The molecule has 8 aromatic carbocycles. The van der Waals surface area contributed by atoms with Crippen LogP contribution < -0.4 is 14.5 Å². The van der Waals surface area contributed by atoms with Crippen LogP contribution in [0.4, 0.5) is 34.1 Å². The maximum atomic E-state index is 8.29. The SMILES string of the molecule is [3H]c1cccc(N(c2ccc(Oc3ccc(N(c4ccc(-c5ccccc5)cc4)c4cccc([3H])c4)cc3)cc2)c2ccc(-c3ccccc3)cc2)c1. The Morgan fingerprint density at radius 3 is 0.922 bits per heavy atom. The summed E-state index contributed by atoms with van der Waals surface area (Å²) >= 11 is 0. The minimum absolute atomic E-state index is 0.451. The fraction of sp³-hybridized carbons (Fsp3) is 0. The van der Waals surface area contributed by atoms with Crippen LogP contribution in [0.25, 0.3) is 22.3 Å². The van der Waals surface area contributed by atoms with Gasteiger partial charge in [0.2, 0.25) is 0 Å². The van der Waals surface area contributed by atoms with Gasteiger partial charge in [-0.3, -0.25) is 0 Å². The van der Waals surface area contributed by atoms with Gasteiger partial charge in [0.05, 0.1) is 2.74 Å². The number of benzene rings is 8. The summed E-state index contributed by atoms with van der Waals surface area (Å²) in [6.07, 6.45) is 0. The first-order chi connectivity index (χ1) is 26.1. The van der Waals surface area contributed by atoms with E-state index >= 15 is 0 Å². The summed E-state index contributed by atoms with van der Waals surface area (Å²) in [5.74, 6) is 1.43. The minimum atomic E-state index is 0.451. The summed E-state index contributed by atoms with van der Waals surface area (Å²) in [6.45, 7) is 0. The van der Waals surface area contributed by atoms with Crippen molar-refractivity contribution in [3.63, 3.8) is 0 Å². The number of ether oxygens (including phenoxy) is 1. The monoisotopic (exact) mass is 660 g/mol. The highest BCUT2D eigenvalue weighted by atomic mass is 16.5. The standard InChI is InChI=1S/C48H36N2O/c1-5-13-37(14-6-1)39-21-25-43(26-22-39)49(41-17-9-3-10-18-41)45-29-33-47(34-30-45)51-48-35-31-46(32-36-48)50(42-19-11-4-12-20-42)44-27-23-40(24-28-44)38-15-7-2-8-16-38/h1-36H/i9T,11T. The largest absolute Gasteiger partial charge is 0.457 e. The lowest BCUT2D eigenvalue weighted by Gasteiger charge is -2.26. The lowest BCUT2D eigenvalue weighted by Crippen LogP contribution is -2.09. The first kappa shape index (κ1) is 29.1. The average Bonchev–Trinajstić information content (AvgIpc) is 3.21. The molecule has 0 bridgehead atoms. The molecule has 0 spiro atoms. The average molecular weight is 661 g/mol. The van der Waals surface area contributed by atoms with Crippen LogP contribution in [0.3, 0.4) is 0 Å². The third-order valence-corrected chi connectivity index (χ3v) is 8.79. The van der Waals surface area contributed by atoms with E-state index in [0.29, 0.717) is 23.6 Å². The Morgan fingerprint density at radius 1 is 0.275 bits per heavy atom. The van der Waals surface area contributed by atoms with E-state index in [4.69, 9.17) is 7.48 Å². The molecule has 0 aliphatic carbocycles. The third-order valence-electron chi connectivity index (χ3n) is 8.79. The summed E-state index contributed by atoms with van der Waals surface area (Å²) < 4.78 is 22.9. The molecule has 0 aliphatic rings. The van der Waals surface area contributed by atoms with E-state index < -0.39 is 0 Å². The van der Waals surface area contributed by atoms with Gasteiger partial charge in [-0.2, -0.15) is 0 Å². The molecule has 0 N–H and O–H groups in total. The van der Waals surface area contributed by atoms with Gasteiger partial charge in [-0.05, 0) is 119 Å². The molecule has 3 heteroatoms. The molecule has 0 heterocycles. The summed E-state index contributed by atoms with van der Waals surface area (Å²) in [7, 11) is 0. The fourth-order valence-electron chi connectivity index (χ4n) is 6.27. The zero-order chi connectivity index (χ0) is 36.0. The van der Waals surface area contributed by atoms with Crippen molar-refractivity contribution in [2.75, 3.05) is 9.80 Å². The van der Waals surface area contributed by atoms with Gasteiger partial charge in [0.25, 0.3) is 0 Å². The van der Waals surface area contributed by atoms with Gasteiger partial charge in [0.1, 0.15) is 11.5 Å². The summed E-state index contributed by atoms with van der Waals surface area (Å²) in [6, 6.07) is 69.8. The third kappa shape index (κ3) is 7.15. The van der Waals surface area contributed by atoms with Crippen LogP contribution in [0, 0.1) is 0 Å². The maximum Gasteiger partial charge on any atom is 0.127 e. The fourth-order valence-corrected chi connectivity index (χ4v) is 6.27. The van der Waals surface area contributed by atoms with Crippen molar-refractivity contribution < 1.29 is 7.48 Å². The molecule has 51 heavy (non-hydrogen) atoms. The zero-order valence-electron chi connectivity index (χ0n) is 29.9. The van der Waals surface area contributed by atoms with Crippen molar-refractivity contribution in [1.29, 1.82) is 0 Å². The second kappa shape index (κ2) is 14.7. The van der Waals surface area contributed by atoms with E-state index in [1.54, 1.807) is 12.1 Å². The topological polar surface area (TPSA) is 15.7 Å². The van der Waals surface area contributed by atoms with Crippen LogP contribution in [0.15, 0.2) is 218 Å². The van der Waals surface area contributed by atoms with Gasteiger partial charge in [-0.25, -0.2) is 0 Å². The first-order valence-corrected chi connectivity index (χ1v) is 17.0. The zero-order valence-corrected chi connectivity index (χ0v) is 27.9. The van der Waals surface area contributed by atoms with E-state index in [1.165, 1.54) is 11.1 Å². The normalized spacial score (nSPS) is 11.3. The summed E-state index contributed by atoms with van der Waals surface area (Å²) in [5.41, 5.74) is 10.3. The van der Waals surface area contributed by atoms with Crippen LogP contribution in [0.2, 0.25) is 0 Å². The molecule has 0 unspecified atom stereocenters. The molecule has 8 rings (SSSR count). The lowest BCUT2D eigenvalue weighted by molar-refractivity contribution is 0.483. The highest BCUT2D eigenvalue weighted by molar-refractivity contribution is 5.80. The number of para-hydroxylation sites is 2. The molecule has 0 aliphatic heterocycles. The first-order valence-electron chi connectivity index (χ1n) is 18.0. The molecule has 0 amide bonds. The molecule has 0 atom stereocenters. The van der Waals surface area contributed by atoms with Gasteiger partial charge < -0.3 is 14.5 Å². The van der Waals surface area contributed by atoms with Crippen molar-refractivity contribution in [3.8, 4) is 33.8 Å². The second-order valence-electron chi connectivity index (χ2n) is 12.1. The maximum absolute atomic E-state index is 8.29. The highest BCUT2D eigenvalue weighted by Gasteiger charge is 2.15. The van der Waals surface area contributed by atoms with E-state index in [1.807, 2.05) is 121 Å². The quantitative estimate of drug-likeness (QED) is 0.145. The predicted molar refractivity (Wildman–Crippen MR) is 213 cm³/mol. The Kier molecular flexibility index (Phi) is 8.41. The number of rotatable bonds is 10. The van der Waals surface area contributed by atoms with Crippen molar-refractivity contribution in [3.05, 3.63) is 218 Å². The smallest absolute Gasteiger partial charge is 0.127 e. The Morgan fingerprint density at radius 2 is 0.569 bits per heavy atom. The Balaban J connectivity index is 1.04. The van der Waals surface area contributed by atoms with Crippen LogP contribution >= 0.6 is 0 Å². The lowest BCUT2D eigenvalue weighted by atomic mass is 10.0. The van der Waals surface area contributed by atoms with Gasteiger partial charge in [-0.1, -0.05) is 121 Å².